The molecule has 2 atom stereocenters. The molecule has 5 rings (SSSR count). The molecule has 0 N–H and O–H groups in total. The van der Waals surface area contributed by atoms with E-state index >= 15 is 0 Å². The first-order valence-corrected chi connectivity index (χ1v) is 7.71. The number of para-hydroxylation sites is 1. The molecule has 1 unspecified atom stereocenters. The summed E-state index contributed by atoms with van der Waals surface area (Å²) in [6, 6.07) is 9.26. The quantitative estimate of drug-likeness (QED) is 0.750. The van der Waals surface area contributed by atoms with Crippen LogP contribution >= 0.6 is 0 Å². The van der Waals surface area contributed by atoms with Crippen LogP contribution < -0.4 is 10.6 Å². The number of hydrogen-bond donors (Lipinski definition) is 0. The molecule has 0 saturated heterocycles. The van der Waals surface area contributed by atoms with Crippen molar-refractivity contribution in [3.8, 4) is 0 Å². The zero-order valence-corrected chi connectivity index (χ0v) is 12.1. The van der Waals surface area contributed by atoms with Crippen molar-refractivity contribution in [1.82, 2.24) is 4.57 Å². The van der Waals surface area contributed by atoms with Crippen molar-refractivity contribution in [2.45, 2.75) is 19.4 Å². The highest BCUT2D eigenvalue weighted by Crippen LogP contribution is 2.42. The van der Waals surface area contributed by atoms with E-state index in [2.05, 4.69) is 72.2 Å². The molecule has 0 fully saturated rings. The molecule has 1 aromatic heterocycles. The lowest BCUT2D eigenvalue weighted by Gasteiger charge is -2.18. The Bertz CT molecular complexity index is 979. The molecule has 0 aliphatic heterocycles. The lowest BCUT2D eigenvalue weighted by atomic mass is 10.1. The monoisotopic (exact) mass is 271 g/mol. The Morgan fingerprint density at radius 3 is 2.90 bits per heavy atom. The fourth-order valence-electron chi connectivity index (χ4n) is 3.86. The van der Waals surface area contributed by atoms with E-state index in [1.807, 2.05) is 0 Å². The van der Waals surface area contributed by atoms with Gasteiger partial charge >= 0.3 is 0 Å². The molecule has 0 bridgehead atoms. The number of benzene rings is 1. The Morgan fingerprint density at radius 2 is 2.05 bits per heavy atom. The van der Waals surface area contributed by atoms with Crippen molar-refractivity contribution in [2.75, 3.05) is 0 Å². The van der Waals surface area contributed by atoms with Crippen molar-refractivity contribution in [2.24, 2.45) is 5.92 Å². The summed E-state index contributed by atoms with van der Waals surface area (Å²) < 4.78 is 2.52. The summed E-state index contributed by atoms with van der Waals surface area (Å²) in [5, 5.41) is 4.22. The molecule has 21 heavy (non-hydrogen) atoms. The molecule has 0 amide bonds. The van der Waals surface area contributed by atoms with Crippen molar-refractivity contribution < 1.29 is 0 Å². The minimum absolute atomic E-state index is 0.435. The summed E-state index contributed by atoms with van der Waals surface area (Å²) >= 11 is 0. The SMILES string of the molecule is CC1=C2C=c3c(c4ccccc4n3[C@@H]3C=CC=CC3)=CC12. The van der Waals surface area contributed by atoms with Crippen molar-refractivity contribution >= 4 is 23.1 Å². The van der Waals surface area contributed by atoms with Gasteiger partial charge in [0, 0.05) is 27.4 Å². The van der Waals surface area contributed by atoms with E-state index < -0.39 is 0 Å². The first-order valence-electron chi connectivity index (χ1n) is 7.71. The third-order valence-electron chi connectivity index (χ3n) is 5.08. The first kappa shape index (κ1) is 11.4. The number of aromatic nitrogens is 1. The van der Waals surface area contributed by atoms with Gasteiger partial charge in [0.1, 0.15) is 0 Å². The Balaban J connectivity index is 1.90. The summed E-state index contributed by atoms with van der Waals surface area (Å²) in [6.07, 6.45) is 14.9. The number of rotatable bonds is 1. The zero-order valence-electron chi connectivity index (χ0n) is 12.1. The molecule has 1 heterocycles. The Hall–Kier alpha value is -2.28. The molecule has 3 aliphatic carbocycles. The number of nitrogens with zero attached hydrogens (tertiary/aromatic N) is 1. The summed E-state index contributed by atoms with van der Waals surface area (Å²) in [5.41, 5.74) is 4.43. The van der Waals surface area contributed by atoms with Gasteiger partial charge in [-0.2, -0.15) is 0 Å². The number of fused-ring (bicyclic) bond motifs is 4. The lowest BCUT2D eigenvalue weighted by Crippen LogP contribution is -2.33. The predicted octanol–water partition coefficient (Wildman–Crippen LogP) is 3.22. The van der Waals surface area contributed by atoms with Gasteiger partial charge in [-0.15, -0.1) is 0 Å². The molecular weight excluding hydrogens is 254 g/mol. The van der Waals surface area contributed by atoms with Crippen LogP contribution in [0.3, 0.4) is 0 Å². The summed E-state index contributed by atoms with van der Waals surface area (Å²) in [7, 11) is 0. The zero-order chi connectivity index (χ0) is 14.0. The Kier molecular flexibility index (Phi) is 2.11. The van der Waals surface area contributed by atoms with Gasteiger partial charge in [0.2, 0.25) is 0 Å². The van der Waals surface area contributed by atoms with Crippen molar-refractivity contribution in [3.63, 3.8) is 0 Å². The van der Waals surface area contributed by atoms with E-state index in [9.17, 15) is 0 Å². The topological polar surface area (TPSA) is 4.93 Å². The van der Waals surface area contributed by atoms with Gasteiger partial charge in [0.15, 0.2) is 0 Å². The van der Waals surface area contributed by atoms with Crippen LogP contribution in [-0.4, -0.2) is 4.57 Å². The fraction of sp³-hybridized carbons (Fsp3) is 0.200. The van der Waals surface area contributed by atoms with E-state index in [4.69, 9.17) is 0 Å². The van der Waals surface area contributed by atoms with E-state index in [0.717, 1.165) is 6.42 Å². The second kappa shape index (κ2) is 3.88. The van der Waals surface area contributed by atoms with Crippen LogP contribution in [0.4, 0.5) is 0 Å². The molecule has 102 valence electrons. The van der Waals surface area contributed by atoms with Crippen LogP contribution in [0, 0.1) is 5.92 Å². The van der Waals surface area contributed by atoms with E-state index in [-0.39, 0.29) is 0 Å². The number of allylic oxidation sites excluding steroid dienone is 6. The third kappa shape index (κ3) is 1.46. The molecule has 1 nitrogen and oxygen atoms in total. The predicted molar refractivity (Wildman–Crippen MR) is 88.2 cm³/mol. The number of hydrogen-bond acceptors (Lipinski definition) is 0. The fourth-order valence-corrected chi connectivity index (χ4v) is 3.86. The van der Waals surface area contributed by atoms with Crippen molar-refractivity contribution in [3.05, 3.63) is 70.3 Å². The first-order chi connectivity index (χ1) is 10.3. The average Bonchev–Trinajstić information content (AvgIpc) is 3.05. The van der Waals surface area contributed by atoms with Gasteiger partial charge in [0.25, 0.3) is 0 Å². The maximum Gasteiger partial charge on any atom is 0.0560 e. The van der Waals surface area contributed by atoms with E-state index in [1.54, 1.807) is 5.57 Å². The molecule has 0 spiro atoms. The van der Waals surface area contributed by atoms with Crippen LogP contribution in [0.2, 0.25) is 0 Å². The van der Waals surface area contributed by atoms with Gasteiger partial charge in [-0.05, 0) is 31.1 Å². The minimum atomic E-state index is 0.435. The Morgan fingerprint density at radius 1 is 1.14 bits per heavy atom. The summed E-state index contributed by atoms with van der Waals surface area (Å²) in [4.78, 5) is 0. The summed E-state index contributed by atoms with van der Waals surface area (Å²) in [6.45, 7) is 2.26. The highest BCUT2D eigenvalue weighted by atomic mass is 15.0. The van der Waals surface area contributed by atoms with Crippen LogP contribution in [0.1, 0.15) is 19.4 Å². The van der Waals surface area contributed by atoms with Crippen LogP contribution in [0.25, 0.3) is 23.1 Å². The molecule has 0 saturated carbocycles. The van der Waals surface area contributed by atoms with Gasteiger partial charge < -0.3 is 4.57 Å². The highest BCUT2D eigenvalue weighted by Gasteiger charge is 2.32. The van der Waals surface area contributed by atoms with Gasteiger partial charge in [0.05, 0.1) is 6.04 Å². The van der Waals surface area contributed by atoms with Crippen molar-refractivity contribution in [1.29, 1.82) is 0 Å². The highest BCUT2D eigenvalue weighted by molar-refractivity contribution is 5.86. The standard InChI is InChI=1S/C20H17N/c1-13-16-11-18-15-9-5-6-10-19(15)21(20(18)12-17(13)16)14-7-3-2-4-8-14/h2-7,9-12,14,16H,8H2,1H3/t14-,16?/m1/s1. The second-order valence-corrected chi connectivity index (χ2v) is 6.23. The van der Waals surface area contributed by atoms with Gasteiger partial charge in [-0.3, -0.25) is 0 Å². The largest absolute Gasteiger partial charge is 0.333 e. The summed E-state index contributed by atoms with van der Waals surface area (Å²) in [5.74, 6) is 0.610. The van der Waals surface area contributed by atoms with Gasteiger partial charge in [-0.1, -0.05) is 54.2 Å². The molecule has 3 aliphatic rings. The normalized spacial score (nSPS) is 25.4. The van der Waals surface area contributed by atoms with Crippen LogP contribution in [-0.2, 0) is 0 Å². The van der Waals surface area contributed by atoms with Crippen LogP contribution in [0.15, 0.2) is 59.7 Å². The average molecular weight is 271 g/mol. The maximum absolute atomic E-state index is 2.52. The molecule has 0 radical (unpaired) electrons. The second-order valence-electron chi connectivity index (χ2n) is 6.23. The maximum atomic E-state index is 2.52. The molecular formula is C20H17N. The lowest BCUT2D eigenvalue weighted by molar-refractivity contribution is 0.613. The van der Waals surface area contributed by atoms with Gasteiger partial charge in [-0.25, -0.2) is 0 Å². The smallest absolute Gasteiger partial charge is 0.0560 e. The van der Waals surface area contributed by atoms with E-state index in [0.29, 0.717) is 12.0 Å². The molecule has 1 aromatic carbocycles. The third-order valence-corrected chi connectivity index (χ3v) is 5.08. The minimum Gasteiger partial charge on any atom is -0.333 e. The Labute approximate surface area is 123 Å². The molecule has 1 heteroatoms. The van der Waals surface area contributed by atoms with E-state index in [1.165, 1.54) is 27.0 Å². The molecule has 2 aromatic rings. The van der Waals surface area contributed by atoms with Crippen LogP contribution in [0.5, 0.6) is 0 Å².